The Morgan fingerprint density at radius 2 is 2.11 bits per heavy atom. The first-order valence-electron chi connectivity index (χ1n) is 6.24. The number of halogens is 1. The number of carboxylic acids is 1. The van der Waals surface area contributed by atoms with Crippen molar-refractivity contribution >= 4 is 17.6 Å². The topological polar surface area (TPSA) is 46.5 Å². The number of benzene rings is 1. The van der Waals surface area contributed by atoms with Crippen LogP contribution in [0, 0.1) is 0 Å². The second-order valence-corrected chi connectivity index (χ2v) is 5.04. The fraction of sp³-hybridized carbons (Fsp3) is 0.500. The van der Waals surface area contributed by atoms with Crippen LogP contribution < -0.4 is 0 Å². The molecule has 0 unspecified atom stereocenters. The van der Waals surface area contributed by atoms with Crippen molar-refractivity contribution < 1.29 is 14.6 Å². The summed E-state index contributed by atoms with van der Waals surface area (Å²) in [4.78, 5) is 10.5. The smallest absolute Gasteiger partial charge is 0.303 e. The molecule has 0 aliphatic carbocycles. The van der Waals surface area contributed by atoms with Crippen molar-refractivity contribution in [3.05, 3.63) is 34.3 Å². The van der Waals surface area contributed by atoms with Crippen molar-refractivity contribution in [3.8, 4) is 0 Å². The van der Waals surface area contributed by atoms with Crippen LogP contribution in [0.1, 0.15) is 36.3 Å². The highest BCUT2D eigenvalue weighted by Gasteiger charge is 2.18. The van der Waals surface area contributed by atoms with Crippen LogP contribution in [0.3, 0.4) is 0 Å². The van der Waals surface area contributed by atoms with E-state index in [4.69, 9.17) is 21.4 Å². The van der Waals surface area contributed by atoms with Gasteiger partial charge in [0.2, 0.25) is 0 Å². The highest BCUT2D eigenvalue weighted by atomic mass is 35.5. The fourth-order valence-corrected chi connectivity index (χ4v) is 2.67. The predicted octanol–water partition coefficient (Wildman–Crippen LogP) is 3.25. The second kappa shape index (κ2) is 6.21. The molecular formula is C14H17ClO3. The first kappa shape index (κ1) is 13.4. The van der Waals surface area contributed by atoms with E-state index in [1.807, 2.05) is 18.2 Å². The van der Waals surface area contributed by atoms with Crippen molar-refractivity contribution in [2.75, 3.05) is 13.2 Å². The zero-order valence-electron chi connectivity index (χ0n) is 10.2. The maximum absolute atomic E-state index is 10.5. The van der Waals surface area contributed by atoms with Gasteiger partial charge in [-0.3, -0.25) is 4.79 Å². The number of hydrogen-bond acceptors (Lipinski definition) is 2. The normalized spacial score (nSPS) is 16.7. The van der Waals surface area contributed by atoms with Crippen molar-refractivity contribution in [2.24, 2.45) is 0 Å². The largest absolute Gasteiger partial charge is 0.481 e. The highest BCUT2D eigenvalue weighted by molar-refractivity contribution is 6.31. The highest BCUT2D eigenvalue weighted by Crippen LogP contribution is 2.32. The molecule has 1 aromatic carbocycles. The third kappa shape index (κ3) is 3.47. The molecule has 18 heavy (non-hydrogen) atoms. The van der Waals surface area contributed by atoms with Gasteiger partial charge in [0, 0.05) is 24.7 Å². The first-order valence-corrected chi connectivity index (χ1v) is 6.62. The van der Waals surface area contributed by atoms with Crippen molar-refractivity contribution in [1.82, 2.24) is 0 Å². The Morgan fingerprint density at radius 3 is 2.72 bits per heavy atom. The lowest BCUT2D eigenvalue weighted by Crippen LogP contribution is -2.14. The van der Waals surface area contributed by atoms with Gasteiger partial charge in [0.05, 0.1) is 0 Å². The summed E-state index contributed by atoms with van der Waals surface area (Å²) in [5.41, 5.74) is 2.15. The summed E-state index contributed by atoms with van der Waals surface area (Å²) in [5, 5.41) is 9.41. The van der Waals surface area contributed by atoms with Gasteiger partial charge in [-0.1, -0.05) is 23.7 Å². The summed E-state index contributed by atoms with van der Waals surface area (Å²) in [6.07, 6.45) is 2.69. The fourth-order valence-electron chi connectivity index (χ4n) is 2.32. The van der Waals surface area contributed by atoms with Crippen LogP contribution in [0.15, 0.2) is 18.2 Å². The van der Waals surface area contributed by atoms with E-state index in [1.165, 1.54) is 5.56 Å². The molecule has 0 atom stereocenters. The molecule has 1 aliphatic rings. The Hall–Kier alpha value is -1.06. The van der Waals surface area contributed by atoms with E-state index in [-0.39, 0.29) is 6.42 Å². The predicted molar refractivity (Wildman–Crippen MR) is 70.2 cm³/mol. The van der Waals surface area contributed by atoms with Gasteiger partial charge in [-0.05, 0) is 42.4 Å². The van der Waals surface area contributed by atoms with Crippen molar-refractivity contribution in [3.63, 3.8) is 0 Å². The average molecular weight is 269 g/mol. The maximum Gasteiger partial charge on any atom is 0.303 e. The summed E-state index contributed by atoms with van der Waals surface area (Å²) in [6.45, 7) is 1.59. The molecule has 1 heterocycles. The molecule has 0 saturated carbocycles. The molecule has 0 aromatic heterocycles. The lowest BCUT2D eigenvalue weighted by molar-refractivity contribution is -0.136. The van der Waals surface area contributed by atoms with Crippen LogP contribution in [-0.4, -0.2) is 24.3 Å². The Kier molecular flexibility index (Phi) is 4.61. The van der Waals surface area contributed by atoms with E-state index in [0.29, 0.717) is 12.3 Å². The Labute approximate surface area is 112 Å². The summed E-state index contributed by atoms with van der Waals surface area (Å²) < 4.78 is 5.34. The number of rotatable bonds is 4. The van der Waals surface area contributed by atoms with Gasteiger partial charge in [-0.2, -0.15) is 0 Å². The minimum atomic E-state index is -0.778. The van der Waals surface area contributed by atoms with E-state index in [2.05, 4.69) is 0 Å². The standard InChI is InChI=1S/C14H17ClO3/c15-13-9-10(2-4-14(16)17)1-3-12(13)11-5-7-18-8-6-11/h1,3,9,11H,2,4-8H2,(H,16,17). The lowest BCUT2D eigenvalue weighted by Gasteiger charge is -2.23. The van der Waals surface area contributed by atoms with Crippen LogP contribution in [0.2, 0.25) is 5.02 Å². The molecule has 2 rings (SSSR count). The molecule has 0 bridgehead atoms. The van der Waals surface area contributed by atoms with Gasteiger partial charge in [0.25, 0.3) is 0 Å². The van der Waals surface area contributed by atoms with Gasteiger partial charge in [0.1, 0.15) is 0 Å². The number of hydrogen-bond donors (Lipinski definition) is 1. The Balaban J connectivity index is 2.06. The number of aryl methyl sites for hydroxylation is 1. The molecule has 98 valence electrons. The van der Waals surface area contributed by atoms with E-state index in [0.717, 1.165) is 36.6 Å². The first-order chi connectivity index (χ1) is 8.66. The van der Waals surface area contributed by atoms with E-state index < -0.39 is 5.97 Å². The average Bonchev–Trinajstić information content (AvgIpc) is 2.37. The zero-order chi connectivity index (χ0) is 13.0. The van der Waals surface area contributed by atoms with E-state index in [1.54, 1.807) is 0 Å². The number of carbonyl (C=O) groups is 1. The van der Waals surface area contributed by atoms with Gasteiger partial charge in [-0.15, -0.1) is 0 Å². The molecule has 1 N–H and O–H groups in total. The third-order valence-corrected chi connectivity index (χ3v) is 3.68. The van der Waals surface area contributed by atoms with Crippen molar-refractivity contribution in [1.29, 1.82) is 0 Å². The van der Waals surface area contributed by atoms with Crippen LogP contribution in [0.5, 0.6) is 0 Å². The van der Waals surface area contributed by atoms with E-state index in [9.17, 15) is 4.79 Å². The quantitative estimate of drug-likeness (QED) is 0.912. The molecule has 1 saturated heterocycles. The molecule has 1 aromatic rings. The van der Waals surface area contributed by atoms with Gasteiger partial charge in [-0.25, -0.2) is 0 Å². The zero-order valence-corrected chi connectivity index (χ0v) is 10.9. The van der Waals surface area contributed by atoms with Crippen LogP contribution in [-0.2, 0) is 16.0 Å². The summed E-state index contributed by atoms with van der Waals surface area (Å²) in [5.74, 6) is -0.306. The summed E-state index contributed by atoms with van der Waals surface area (Å²) >= 11 is 6.29. The lowest BCUT2D eigenvalue weighted by atomic mass is 9.90. The van der Waals surface area contributed by atoms with Gasteiger partial charge >= 0.3 is 5.97 Å². The number of ether oxygens (including phenoxy) is 1. The van der Waals surface area contributed by atoms with Crippen LogP contribution >= 0.6 is 11.6 Å². The SMILES string of the molecule is O=C(O)CCc1ccc(C2CCOCC2)c(Cl)c1. The molecule has 0 amide bonds. The summed E-state index contributed by atoms with van der Waals surface area (Å²) in [7, 11) is 0. The minimum absolute atomic E-state index is 0.146. The third-order valence-electron chi connectivity index (χ3n) is 3.35. The van der Waals surface area contributed by atoms with Crippen LogP contribution in [0.25, 0.3) is 0 Å². The molecular weight excluding hydrogens is 252 g/mol. The molecule has 0 spiro atoms. The van der Waals surface area contributed by atoms with Crippen molar-refractivity contribution in [2.45, 2.75) is 31.6 Å². The maximum atomic E-state index is 10.5. The van der Waals surface area contributed by atoms with Gasteiger partial charge < -0.3 is 9.84 Å². The molecule has 1 fully saturated rings. The van der Waals surface area contributed by atoms with Gasteiger partial charge in [0.15, 0.2) is 0 Å². The number of aliphatic carboxylic acids is 1. The number of carboxylic acid groups (broad SMARTS) is 1. The molecule has 0 radical (unpaired) electrons. The second-order valence-electron chi connectivity index (χ2n) is 4.64. The molecule has 4 heteroatoms. The monoisotopic (exact) mass is 268 g/mol. The molecule has 3 nitrogen and oxygen atoms in total. The Morgan fingerprint density at radius 1 is 1.39 bits per heavy atom. The summed E-state index contributed by atoms with van der Waals surface area (Å²) in [6, 6.07) is 5.92. The Bertz CT molecular complexity index is 425. The van der Waals surface area contributed by atoms with Crippen LogP contribution in [0.4, 0.5) is 0 Å². The van der Waals surface area contributed by atoms with E-state index >= 15 is 0 Å². The molecule has 1 aliphatic heterocycles. The minimum Gasteiger partial charge on any atom is -0.481 e.